The van der Waals surface area contributed by atoms with Gasteiger partial charge in [-0.1, -0.05) is 6.92 Å². The maximum Gasteiger partial charge on any atom is 0.317 e. The number of urea groups is 1. The van der Waals surface area contributed by atoms with E-state index < -0.39 is 0 Å². The third-order valence-corrected chi connectivity index (χ3v) is 2.33. The van der Waals surface area contributed by atoms with Crippen LogP contribution < -0.4 is 11.1 Å². The molecule has 0 saturated carbocycles. The summed E-state index contributed by atoms with van der Waals surface area (Å²) >= 11 is 0. The Hall–Kier alpha value is -0.770. The number of hydrogen-bond acceptors (Lipinski definition) is 2. The highest BCUT2D eigenvalue weighted by Crippen LogP contribution is 2.20. The summed E-state index contributed by atoms with van der Waals surface area (Å²) in [6.45, 7) is 6.02. The number of carbonyl (C=O) groups excluding carboxylic acids is 1. The van der Waals surface area contributed by atoms with Crippen molar-refractivity contribution >= 4 is 6.03 Å². The fourth-order valence-corrected chi connectivity index (χ4v) is 1.34. The number of rotatable bonds is 2. The van der Waals surface area contributed by atoms with Crippen LogP contribution >= 0.6 is 0 Å². The van der Waals surface area contributed by atoms with Crippen molar-refractivity contribution in [2.24, 2.45) is 5.73 Å². The van der Waals surface area contributed by atoms with Crippen LogP contribution in [0.2, 0.25) is 0 Å². The molecular formula is C8H17N3O. The molecule has 1 fully saturated rings. The lowest BCUT2D eigenvalue weighted by atomic mass is 9.89. The van der Waals surface area contributed by atoms with Crippen molar-refractivity contribution in [2.45, 2.75) is 25.8 Å². The Labute approximate surface area is 73.1 Å². The molecule has 0 unspecified atom stereocenters. The molecule has 1 saturated heterocycles. The predicted molar refractivity (Wildman–Crippen MR) is 47.9 cm³/mol. The standard InChI is InChI=1S/C8H17N3O/c1-3-8(9)5-11(6-8)7(12)10-4-2/h3-6,9H2,1-2H3,(H,10,12). The van der Waals surface area contributed by atoms with Crippen LogP contribution in [0.3, 0.4) is 0 Å². The molecule has 1 aliphatic heterocycles. The smallest absolute Gasteiger partial charge is 0.317 e. The first-order valence-corrected chi connectivity index (χ1v) is 4.43. The minimum Gasteiger partial charge on any atom is -0.338 e. The van der Waals surface area contributed by atoms with Crippen molar-refractivity contribution < 1.29 is 4.79 Å². The Kier molecular flexibility index (Phi) is 2.57. The number of nitrogens with zero attached hydrogens (tertiary/aromatic N) is 1. The molecule has 2 amide bonds. The Bertz CT molecular complexity index is 175. The van der Waals surface area contributed by atoms with Gasteiger partial charge in [-0.3, -0.25) is 0 Å². The largest absolute Gasteiger partial charge is 0.338 e. The highest BCUT2D eigenvalue weighted by molar-refractivity contribution is 5.75. The Morgan fingerprint density at radius 2 is 2.17 bits per heavy atom. The zero-order chi connectivity index (χ0) is 9.19. The summed E-state index contributed by atoms with van der Waals surface area (Å²) in [5.41, 5.74) is 5.78. The number of amides is 2. The molecule has 12 heavy (non-hydrogen) atoms. The van der Waals surface area contributed by atoms with Crippen LogP contribution in [0.5, 0.6) is 0 Å². The van der Waals surface area contributed by atoms with E-state index in [9.17, 15) is 4.79 Å². The predicted octanol–water partition coefficient (Wildman–Crippen LogP) is 0.139. The lowest BCUT2D eigenvalue weighted by Crippen LogP contribution is -2.69. The van der Waals surface area contributed by atoms with E-state index in [1.54, 1.807) is 4.90 Å². The van der Waals surface area contributed by atoms with Crippen molar-refractivity contribution in [3.8, 4) is 0 Å². The summed E-state index contributed by atoms with van der Waals surface area (Å²) in [5, 5.41) is 2.74. The van der Waals surface area contributed by atoms with E-state index in [2.05, 4.69) is 12.2 Å². The Morgan fingerprint density at radius 3 is 2.58 bits per heavy atom. The van der Waals surface area contributed by atoms with E-state index >= 15 is 0 Å². The summed E-state index contributed by atoms with van der Waals surface area (Å²) in [5.74, 6) is 0. The van der Waals surface area contributed by atoms with Crippen LogP contribution in [0.15, 0.2) is 0 Å². The summed E-state index contributed by atoms with van der Waals surface area (Å²) in [7, 11) is 0. The normalized spacial score (nSPS) is 20.1. The number of carbonyl (C=O) groups is 1. The maximum atomic E-state index is 11.2. The van der Waals surface area contributed by atoms with Gasteiger partial charge in [-0.2, -0.15) is 0 Å². The number of nitrogens with one attached hydrogen (secondary N) is 1. The van der Waals surface area contributed by atoms with Gasteiger partial charge in [0.15, 0.2) is 0 Å². The summed E-state index contributed by atoms with van der Waals surface area (Å²) in [6.07, 6.45) is 0.933. The summed E-state index contributed by atoms with van der Waals surface area (Å²) < 4.78 is 0. The summed E-state index contributed by atoms with van der Waals surface area (Å²) in [6, 6.07) is 0.00650. The van der Waals surface area contributed by atoms with Crippen LogP contribution in [0.4, 0.5) is 4.79 Å². The molecule has 4 nitrogen and oxygen atoms in total. The van der Waals surface area contributed by atoms with Gasteiger partial charge in [0.1, 0.15) is 0 Å². The number of likely N-dealkylation sites (tertiary alicyclic amines) is 1. The third kappa shape index (κ3) is 1.69. The Balaban J connectivity index is 2.29. The second-order valence-corrected chi connectivity index (χ2v) is 3.41. The van der Waals surface area contributed by atoms with Crippen LogP contribution in [0, 0.1) is 0 Å². The maximum absolute atomic E-state index is 11.2. The average Bonchev–Trinajstić information content (AvgIpc) is 1.99. The van der Waals surface area contributed by atoms with Gasteiger partial charge in [0.05, 0.1) is 5.54 Å². The van der Waals surface area contributed by atoms with Crippen molar-refractivity contribution in [1.82, 2.24) is 10.2 Å². The van der Waals surface area contributed by atoms with Gasteiger partial charge in [0.25, 0.3) is 0 Å². The monoisotopic (exact) mass is 171 g/mol. The highest BCUT2D eigenvalue weighted by Gasteiger charge is 2.40. The minimum absolute atomic E-state index is 0.00650. The second-order valence-electron chi connectivity index (χ2n) is 3.41. The number of nitrogens with two attached hydrogens (primary N) is 1. The molecule has 0 aromatic carbocycles. The molecule has 0 atom stereocenters. The molecule has 1 aliphatic rings. The van der Waals surface area contributed by atoms with Gasteiger partial charge in [-0.05, 0) is 13.3 Å². The van der Waals surface area contributed by atoms with Crippen LogP contribution in [-0.2, 0) is 0 Å². The van der Waals surface area contributed by atoms with Gasteiger partial charge in [-0.25, -0.2) is 4.79 Å². The fraction of sp³-hybridized carbons (Fsp3) is 0.875. The lowest BCUT2D eigenvalue weighted by Gasteiger charge is -2.47. The van der Waals surface area contributed by atoms with Gasteiger partial charge in [-0.15, -0.1) is 0 Å². The van der Waals surface area contributed by atoms with Crippen molar-refractivity contribution in [3.05, 3.63) is 0 Å². The molecular weight excluding hydrogens is 154 g/mol. The van der Waals surface area contributed by atoms with E-state index in [1.807, 2.05) is 6.92 Å². The molecule has 0 aliphatic carbocycles. The van der Waals surface area contributed by atoms with E-state index in [0.29, 0.717) is 19.6 Å². The van der Waals surface area contributed by atoms with E-state index in [1.165, 1.54) is 0 Å². The minimum atomic E-state index is -0.120. The van der Waals surface area contributed by atoms with E-state index in [4.69, 9.17) is 5.73 Å². The van der Waals surface area contributed by atoms with Crippen LogP contribution in [0.25, 0.3) is 0 Å². The number of hydrogen-bond donors (Lipinski definition) is 2. The average molecular weight is 171 g/mol. The molecule has 4 heteroatoms. The highest BCUT2D eigenvalue weighted by atomic mass is 16.2. The fourth-order valence-electron chi connectivity index (χ4n) is 1.34. The first-order valence-electron chi connectivity index (χ1n) is 4.43. The quantitative estimate of drug-likeness (QED) is 0.621. The van der Waals surface area contributed by atoms with E-state index in [-0.39, 0.29) is 11.6 Å². The molecule has 0 aromatic heterocycles. The molecule has 0 bridgehead atoms. The molecule has 0 radical (unpaired) electrons. The molecule has 1 rings (SSSR count). The van der Waals surface area contributed by atoms with Gasteiger partial charge in [0, 0.05) is 19.6 Å². The second kappa shape index (κ2) is 3.31. The third-order valence-electron chi connectivity index (χ3n) is 2.33. The van der Waals surface area contributed by atoms with Gasteiger partial charge >= 0.3 is 6.03 Å². The van der Waals surface area contributed by atoms with Gasteiger partial charge < -0.3 is 16.0 Å². The topological polar surface area (TPSA) is 58.4 Å². The zero-order valence-electron chi connectivity index (χ0n) is 7.76. The molecule has 3 N–H and O–H groups in total. The van der Waals surface area contributed by atoms with Crippen LogP contribution in [-0.4, -0.2) is 36.1 Å². The Morgan fingerprint density at radius 1 is 1.58 bits per heavy atom. The van der Waals surface area contributed by atoms with Crippen molar-refractivity contribution in [3.63, 3.8) is 0 Å². The lowest BCUT2D eigenvalue weighted by molar-refractivity contribution is 0.0940. The van der Waals surface area contributed by atoms with Crippen molar-refractivity contribution in [2.75, 3.05) is 19.6 Å². The van der Waals surface area contributed by atoms with E-state index in [0.717, 1.165) is 6.42 Å². The first kappa shape index (κ1) is 9.32. The van der Waals surface area contributed by atoms with Crippen molar-refractivity contribution in [1.29, 1.82) is 0 Å². The van der Waals surface area contributed by atoms with Crippen LogP contribution in [0.1, 0.15) is 20.3 Å². The SMILES string of the molecule is CCNC(=O)N1CC(N)(CC)C1. The molecule has 0 spiro atoms. The molecule has 70 valence electrons. The summed E-state index contributed by atoms with van der Waals surface area (Å²) in [4.78, 5) is 12.9. The molecule has 0 aromatic rings. The van der Waals surface area contributed by atoms with Gasteiger partial charge in [0.2, 0.25) is 0 Å². The molecule has 1 heterocycles. The first-order chi connectivity index (χ1) is 5.61. The zero-order valence-corrected chi connectivity index (χ0v) is 7.76.